The summed E-state index contributed by atoms with van der Waals surface area (Å²) >= 11 is 2.55. The lowest BCUT2D eigenvalue weighted by molar-refractivity contribution is -0.145. The average molecular weight is 413 g/mol. The fourth-order valence-corrected chi connectivity index (χ4v) is 4.40. The Bertz CT molecular complexity index is 1010. The van der Waals surface area contributed by atoms with Crippen LogP contribution in [-0.4, -0.2) is 30.6 Å². The van der Waals surface area contributed by atoms with E-state index in [1.807, 2.05) is 30.3 Å². The summed E-state index contributed by atoms with van der Waals surface area (Å²) in [4.78, 5) is 37.6. The Kier molecular flexibility index (Phi) is 5.23. The van der Waals surface area contributed by atoms with Gasteiger partial charge in [-0.05, 0) is 17.0 Å². The Hall–Kier alpha value is -2.97. The molecule has 1 aromatic carbocycles. The average Bonchev–Trinajstić information content (AvgIpc) is 3.44. The van der Waals surface area contributed by atoms with E-state index in [0.29, 0.717) is 21.9 Å². The third kappa shape index (κ3) is 3.69. The summed E-state index contributed by atoms with van der Waals surface area (Å²) < 4.78 is 10.2. The number of thiophene rings is 2. The number of hydrogen-bond donors (Lipinski definition) is 1. The van der Waals surface area contributed by atoms with Gasteiger partial charge < -0.3 is 14.8 Å². The van der Waals surface area contributed by atoms with Crippen molar-refractivity contribution in [3.63, 3.8) is 0 Å². The smallest absolute Gasteiger partial charge is 0.347 e. The van der Waals surface area contributed by atoms with E-state index in [9.17, 15) is 14.4 Å². The molecule has 0 radical (unpaired) electrons. The van der Waals surface area contributed by atoms with Crippen LogP contribution in [0.5, 0.6) is 0 Å². The van der Waals surface area contributed by atoms with Crippen molar-refractivity contribution in [1.29, 1.82) is 0 Å². The topological polar surface area (TPSA) is 81.7 Å². The van der Waals surface area contributed by atoms with E-state index >= 15 is 0 Å². The molecule has 0 saturated carbocycles. The first-order valence-corrected chi connectivity index (χ1v) is 10.3. The second-order valence-electron chi connectivity index (χ2n) is 6.00. The number of amides is 1. The summed E-state index contributed by atoms with van der Waals surface area (Å²) in [6.07, 6.45) is -0.594. The fraction of sp³-hybridized carbons (Fsp3) is 0.150. The van der Waals surface area contributed by atoms with Crippen molar-refractivity contribution in [2.75, 3.05) is 11.9 Å². The van der Waals surface area contributed by atoms with E-state index in [4.69, 9.17) is 9.47 Å². The summed E-state index contributed by atoms with van der Waals surface area (Å²) in [7, 11) is 0. The number of hydrogen-bond acceptors (Lipinski definition) is 7. The molecule has 8 heteroatoms. The van der Waals surface area contributed by atoms with Crippen LogP contribution in [0.4, 0.5) is 5.00 Å². The van der Waals surface area contributed by atoms with Gasteiger partial charge in [0.25, 0.3) is 5.91 Å². The minimum Gasteiger partial charge on any atom is -0.463 e. The molecule has 142 valence electrons. The molecule has 0 bridgehead atoms. The zero-order chi connectivity index (χ0) is 19.5. The number of ether oxygens (including phenoxy) is 2. The standard InChI is InChI=1S/C20H15NO5S2/c22-17(15-7-4-10-27-15)21-18-16(20(24)26-14-8-9-25-19(14)23)13(11-28-18)12-5-2-1-3-6-12/h1-7,10-11,14H,8-9H2,(H,21,22)/t14-/m1/s1. The molecule has 3 aromatic rings. The number of anilines is 1. The van der Waals surface area contributed by atoms with E-state index in [0.717, 1.165) is 5.56 Å². The van der Waals surface area contributed by atoms with Crippen LogP contribution in [0, 0.1) is 0 Å². The molecule has 1 fully saturated rings. The summed E-state index contributed by atoms with van der Waals surface area (Å²) in [6.45, 7) is 0.230. The van der Waals surface area contributed by atoms with Crippen LogP contribution < -0.4 is 5.32 Å². The number of cyclic esters (lactones) is 1. The molecule has 4 rings (SSSR count). The molecule has 1 amide bonds. The first-order valence-electron chi connectivity index (χ1n) is 8.53. The van der Waals surface area contributed by atoms with E-state index in [2.05, 4.69) is 5.32 Å². The van der Waals surface area contributed by atoms with Crippen molar-refractivity contribution in [1.82, 2.24) is 0 Å². The largest absolute Gasteiger partial charge is 0.463 e. The van der Waals surface area contributed by atoms with Gasteiger partial charge in [0.1, 0.15) is 10.6 Å². The summed E-state index contributed by atoms with van der Waals surface area (Å²) in [6, 6.07) is 12.8. The Balaban J connectivity index is 1.68. The van der Waals surface area contributed by atoms with Crippen LogP contribution in [0.15, 0.2) is 53.2 Å². The summed E-state index contributed by atoms with van der Waals surface area (Å²) in [5.74, 6) is -1.51. The number of esters is 2. The van der Waals surface area contributed by atoms with Crippen LogP contribution >= 0.6 is 22.7 Å². The Morgan fingerprint density at radius 1 is 1.11 bits per heavy atom. The lowest BCUT2D eigenvalue weighted by atomic mass is 10.0. The van der Waals surface area contributed by atoms with E-state index in [1.54, 1.807) is 22.9 Å². The summed E-state index contributed by atoms with van der Waals surface area (Å²) in [5.41, 5.74) is 1.69. The number of nitrogens with one attached hydrogen (secondary N) is 1. The lowest BCUT2D eigenvalue weighted by Gasteiger charge is -2.11. The lowest BCUT2D eigenvalue weighted by Crippen LogP contribution is -2.23. The number of rotatable bonds is 5. The molecule has 1 atom stereocenters. The second kappa shape index (κ2) is 7.95. The zero-order valence-electron chi connectivity index (χ0n) is 14.5. The van der Waals surface area contributed by atoms with Gasteiger partial charge in [-0.3, -0.25) is 4.79 Å². The molecule has 0 spiro atoms. The van der Waals surface area contributed by atoms with Gasteiger partial charge in [0.2, 0.25) is 6.10 Å². The molecular weight excluding hydrogens is 398 g/mol. The maximum atomic E-state index is 12.9. The highest BCUT2D eigenvalue weighted by atomic mass is 32.1. The Morgan fingerprint density at radius 2 is 1.93 bits per heavy atom. The highest BCUT2D eigenvalue weighted by Gasteiger charge is 2.33. The fourth-order valence-electron chi connectivity index (χ4n) is 2.83. The van der Waals surface area contributed by atoms with E-state index < -0.39 is 18.0 Å². The second-order valence-corrected chi connectivity index (χ2v) is 7.83. The molecule has 1 saturated heterocycles. The molecular formula is C20H15NO5S2. The molecule has 1 N–H and O–H groups in total. The van der Waals surface area contributed by atoms with Gasteiger partial charge in [-0.1, -0.05) is 36.4 Å². The molecule has 2 aromatic heterocycles. The van der Waals surface area contributed by atoms with Crippen molar-refractivity contribution >= 4 is 45.5 Å². The van der Waals surface area contributed by atoms with Crippen LogP contribution in [-0.2, 0) is 14.3 Å². The quantitative estimate of drug-likeness (QED) is 0.634. The molecule has 0 unspecified atom stereocenters. The maximum absolute atomic E-state index is 12.9. The normalized spacial score (nSPS) is 15.9. The maximum Gasteiger partial charge on any atom is 0.347 e. The van der Waals surface area contributed by atoms with Gasteiger partial charge in [-0.25, -0.2) is 9.59 Å². The number of carbonyl (C=O) groups is 3. The van der Waals surface area contributed by atoms with Crippen LogP contribution in [0.25, 0.3) is 11.1 Å². The SMILES string of the molecule is O=C(Nc1scc(-c2ccccc2)c1C(=O)O[C@@H]1CCOC1=O)c1cccs1. The van der Waals surface area contributed by atoms with Gasteiger partial charge in [-0.2, -0.15) is 0 Å². The van der Waals surface area contributed by atoms with Gasteiger partial charge >= 0.3 is 11.9 Å². The van der Waals surface area contributed by atoms with Gasteiger partial charge in [0.05, 0.1) is 11.5 Å². The predicted molar refractivity (Wildman–Crippen MR) is 107 cm³/mol. The van der Waals surface area contributed by atoms with Crippen molar-refractivity contribution in [3.05, 3.63) is 63.7 Å². The van der Waals surface area contributed by atoms with E-state index in [-0.39, 0.29) is 18.1 Å². The molecule has 6 nitrogen and oxygen atoms in total. The Labute approximate surface area is 168 Å². The van der Waals surface area contributed by atoms with Gasteiger partial charge in [0.15, 0.2) is 0 Å². The monoisotopic (exact) mass is 413 g/mol. The molecule has 0 aliphatic carbocycles. The highest BCUT2D eigenvalue weighted by molar-refractivity contribution is 7.15. The molecule has 1 aliphatic heterocycles. The highest BCUT2D eigenvalue weighted by Crippen LogP contribution is 2.37. The zero-order valence-corrected chi connectivity index (χ0v) is 16.2. The van der Waals surface area contributed by atoms with Crippen molar-refractivity contribution in [2.45, 2.75) is 12.5 Å². The van der Waals surface area contributed by atoms with Gasteiger partial charge in [0, 0.05) is 17.4 Å². The van der Waals surface area contributed by atoms with Gasteiger partial charge in [-0.15, -0.1) is 22.7 Å². The molecule has 1 aliphatic rings. The summed E-state index contributed by atoms with van der Waals surface area (Å²) in [5, 5.41) is 6.78. The van der Waals surface area contributed by atoms with Crippen LogP contribution in [0.2, 0.25) is 0 Å². The first kappa shape index (κ1) is 18.4. The third-order valence-electron chi connectivity index (χ3n) is 4.19. The predicted octanol–water partition coefficient (Wildman–Crippen LogP) is 4.20. The van der Waals surface area contributed by atoms with Crippen molar-refractivity contribution in [2.24, 2.45) is 0 Å². The van der Waals surface area contributed by atoms with Crippen molar-refractivity contribution < 1.29 is 23.9 Å². The van der Waals surface area contributed by atoms with E-state index in [1.165, 1.54) is 22.7 Å². The Morgan fingerprint density at radius 3 is 2.61 bits per heavy atom. The molecule has 28 heavy (non-hydrogen) atoms. The minimum absolute atomic E-state index is 0.230. The van der Waals surface area contributed by atoms with Crippen LogP contribution in [0.1, 0.15) is 26.5 Å². The van der Waals surface area contributed by atoms with Crippen molar-refractivity contribution in [3.8, 4) is 11.1 Å². The third-order valence-corrected chi connectivity index (χ3v) is 5.95. The number of carbonyl (C=O) groups excluding carboxylic acids is 3. The number of benzene rings is 1. The molecule has 3 heterocycles. The van der Waals surface area contributed by atoms with Crippen LogP contribution in [0.3, 0.4) is 0 Å². The minimum atomic E-state index is -0.920. The first-order chi connectivity index (χ1) is 13.6.